The molecule has 1 aromatic rings. The first-order valence-corrected chi connectivity index (χ1v) is 7.74. The zero-order valence-electron chi connectivity index (χ0n) is 12.5. The molecule has 1 aliphatic carbocycles. The van der Waals surface area contributed by atoms with Gasteiger partial charge in [-0.1, -0.05) is 26.7 Å². The molecule has 0 saturated heterocycles. The highest BCUT2D eigenvalue weighted by molar-refractivity contribution is 7.71. The summed E-state index contributed by atoms with van der Waals surface area (Å²) in [6, 6.07) is 0. The third kappa shape index (κ3) is 3.11. The zero-order valence-corrected chi connectivity index (χ0v) is 13.3. The molecular weight excluding hydrogens is 272 g/mol. The quantitative estimate of drug-likeness (QED) is 0.821. The van der Waals surface area contributed by atoms with Gasteiger partial charge in [0.1, 0.15) is 0 Å². The molecule has 5 nitrogen and oxygen atoms in total. The van der Waals surface area contributed by atoms with Gasteiger partial charge in [0.25, 0.3) is 0 Å². The van der Waals surface area contributed by atoms with Crippen LogP contribution in [0.4, 0.5) is 0 Å². The Bertz CT molecular complexity index is 526. The predicted molar refractivity (Wildman–Crippen MR) is 80.6 cm³/mol. The summed E-state index contributed by atoms with van der Waals surface area (Å²) in [4.78, 5) is 12.6. The summed E-state index contributed by atoms with van der Waals surface area (Å²) in [6.45, 7) is 4.80. The van der Waals surface area contributed by atoms with Crippen molar-refractivity contribution in [2.45, 2.75) is 52.5 Å². The summed E-state index contributed by atoms with van der Waals surface area (Å²) in [5.41, 5.74) is -0.167. The van der Waals surface area contributed by atoms with Crippen molar-refractivity contribution in [3.63, 3.8) is 0 Å². The molecular formula is C14H24N4OS. The van der Waals surface area contributed by atoms with E-state index in [0.29, 0.717) is 17.2 Å². The SMILES string of the molecule is CC(C)CC1(C(=O)NCc2n[nH]c(=S)n2C)CCCC1. The summed E-state index contributed by atoms with van der Waals surface area (Å²) in [7, 11) is 1.85. The van der Waals surface area contributed by atoms with Gasteiger partial charge in [0, 0.05) is 12.5 Å². The second kappa shape index (κ2) is 6.08. The highest BCUT2D eigenvalue weighted by Gasteiger charge is 2.41. The Balaban J connectivity index is 2.02. The number of carbonyl (C=O) groups is 1. The van der Waals surface area contributed by atoms with E-state index in [0.717, 1.165) is 37.9 Å². The van der Waals surface area contributed by atoms with Gasteiger partial charge in [-0.2, -0.15) is 5.10 Å². The Kier molecular flexibility index (Phi) is 4.62. The number of nitrogens with one attached hydrogen (secondary N) is 2. The Labute approximate surface area is 125 Å². The molecule has 112 valence electrons. The molecule has 1 fully saturated rings. The first-order valence-electron chi connectivity index (χ1n) is 7.33. The topological polar surface area (TPSA) is 62.7 Å². The van der Waals surface area contributed by atoms with Gasteiger partial charge in [0.2, 0.25) is 5.91 Å². The van der Waals surface area contributed by atoms with Crippen LogP contribution in [-0.2, 0) is 18.4 Å². The van der Waals surface area contributed by atoms with Gasteiger partial charge in [-0.3, -0.25) is 9.89 Å². The summed E-state index contributed by atoms with van der Waals surface area (Å²) >= 11 is 5.07. The molecule has 1 saturated carbocycles. The number of carbonyl (C=O) groups excluding carboxylic acids is 1. The van der Waals surface area contributed by atoms with Crippen LogP contribution in [0.2, 0.25) is 0 Å². The number of rotatable bonds is 5. The van der Waals surface area contributed by atoms with E-state index in [-0.39, 0.29) is 11.3 Å². The molecule has 0 aliphatic heterocycles. The van der Waals surface area contributed by atoms with Gasteiger partial charge in [-0.05, 0) is 37.4 Å². The van der Waals surface area contributed by atoms with Crippen LogP contribution in [0.15, 0.2) is 0 Å². The molecule has 2 rings (SSSR count). The average molecular weight is 296 g/mol. The van der Waals surface area contributed by atoms with Gasteiger partial charge in [-0.25, -0.2) is 0 Å². The van der Waals surface area contributed by atoms with Gasteiger partial charge < -0.3 is 9.88 Å². The molecule has 0 spiro atoms. The maximum atomic E-state index is 12.6. The molecule has 0 atom stereocenters. The lowest BCUT2D eigenvalue weighted by Gasteiger charge is -2.29. The van der Waals surface area contributed by atoms with E-state index in [2.05, 4.69) is 29.4 Å². The third-order valence-electron chi connectivity index (χ3n) is 4.22. The predicted octanol–water partition coefficient (Wildman–Crippen LogP) is 2.70. The van der Waals surface area contributed by atoms with E-state index >= 15 is 0 Å². The summed E-state index contributed by atoms with van der Waals surface area (Å²) in [6.07, 6.45) is 5.31. The van der Waals surface area contributed by atoms with Crippen molar-refractivity contribution in [2.75, 3.05) is 0 Å². The van der Waals surface area contributed by atoms with Crippen LogP contribution in [0.3, 0.4) is 0 Å². The molecule has 1 aromatic heterocycles. The minimum absolute atomic E-state index is 0.167. The van der Waals surface area contributed by atoms with Gasteiger partial charge in [0.15, 0.2) is 10.6 Å². The summed E-state index contributed by atoms with van der Waals surface area (Å²) in [5, 5.41) is 9.92. The van der Waals surface area contributed by atoms with Crippen molar-refractivity contribution >= 4 is 18.1 Å². The number of hydrogen-bond acceptors (Lipinski definition) is 3. The largest absolute Gasteiger partial charge is 0.348 e. The fourth-order valence-electron chi connectivity index (χ4n) is 3.24. The second-order valence-corrected chi connectivity index (χ2v) is 6.66. The minimum atomic E-state index is -0.167. The molecule has 6 heteroatoms. The number of hydrogen-bond donors (Lipinski definition) is 2. The molecule has 20 heavy (non-hydrogen) atoms. The molecule has 0 aromatic carbocycles. The lowest BCUT2D eigenvalue weighted by molar-refractivity contribution is -0.132. The molecule has 0 radical (unpaired) electrons. The maximum absolute atomic E-state index is 12.6. The van der Waals surface area contributed by atoms with Crippen molar-refractivity contribution in [1.82, 2.24) is 20.1 Å². The lowest BCUT2D eigenvalue weighted by Crippen LogP contribution is -2.40. The Hall–Kier alpha value is -1.17. The van der Waals surface area contributed by atoms with E-state index in [1.807, 2.05) is 7.05 Å². The normalized spacial score (nSPS) is 17.6. The second-order valence-electron chi connectivity index (χ2n) is 6.27. The van der Waals surface area contributed by atoms with Gasteiger partial charge >= 0.3 is 0 Å². The molecule has 0 bridgehead atoms. The lowest BCUT2D eigenvalue weighted by atomic mass is 9.77. The van der Waals surface area contributed by atoms with E-state index in [1.165, 1.54) is 0 Å². The van der Waals surface area contributed by atoms with Crippen molar-refractivity contribution < 1.29 is 4.79 Å². The van der Waals surface area contributed by atoms with Crippen molar-refractivity contribution in [3.05, 3.63) is 10.6 Å². The molecule has 1 heterocycles. The number of aromatic amines is 1. The number of aromatic nitrogens is 3. The monoisotopic (exact) mass is 296 g/mol. The zero-order chi connectivity index (χ0) is 14.8. The Morgan fingerprint density at radius 3 is 2.65 bits per heavy atom. The summed E-state index contributed by atoms with van der Waals surface area (Å²) in [5.74, 6) is 1.48. The highest BCUT2D eigenvalue weighted by Crippen LogP contribution is 2.43. The standard InChI is InChI=1S/C14H24N4OS/c1-10(2)8-14(6-4-5-7-14)12(19)15-9-11-16-17-13(20)18(11)3/h10H,4-9H2,1-3H3,(H,15,19)(H,17,20). The third-order valence-corrected chi connectivity index (χ3v) is 4.59. The van der Waals surface area contributed by atoms with E-state index in [1.54, 1.807) is 4.57 Å². The maximum Gasteiger partial charge on any atom is 0.226 e. The molecule has 1 amide bonds. The molecule has 1 aliphatic rings. The average Bonchev–Trinajstić information content (AvgIpc) is 2.97. The van der Waals surface area contributed by atoms with Crippen LogP contribution >= 0.6 is 12.2 Å². The summed E-state index contributed by atoms with van der Waals surface area (Å²) < 4.78 is 2.37. The van der Waals surface area contributed by atoms with Crippen LogP contribution < -0.4 is 5.32 Å². The molecule has 0 unspecified atom stereocenters. The number of H-pyrrole nitrogens is 1. The number of nitrogens with zero attached hydrogens (tertiary/aromatic N) is 2. The van der Waals surface area contributed by atoms with Crippen molar-refractivity contribution in [3.8, 4) is 0 Å². The fraction of sp³-hybridized carbons (Fsp3) is 0.786. The first kappa shape index (κ1) is 15.2. The van der Waals surface area contributed by atoms with E-state index in [4.69, 9.17) is 12.2 Å². The van der Waals surface area contributed by atoms with Crippen LogP contribution in [-0.4, -0.2) is 20.7 Å². The van der Waals surface area contributed by atoms with Gasteiger partial charge in [0.05, 0.1) is 6.54 Å². The van der Waals surface area contributed by atoms with Gasteiger partial charge in [-0.15, -0.1) is 0 Å². The molecule has 2 N–H and O–H groups in total. The first-order chi connectivity index (χ1) is 9.44. The van der Waals surface area contributed by atoms with Crippen LogP contribution in [0.1, 0.15) is 51.8 Å². The van der Waals surface area contributed by atoms with Crippen LogP contribution in [0, 0.1) is 16.1 Å². The van der Waals surface area contributed by atoms with E-state index < -0.39 is 0 Å². The van der Waals surface area contributed by atoms with Crippen molar-refractivity contribution in [1.29, 1.82) is 0 Å². The minimum Gasteiger partial charge on any atom is -0.348 e. The Morgan fingerprint density at radius 1 is 1.50 bits per heavy atom. The Morgan fingerprint density at radius 2 is 2.15 bits per heavy atom. The van der Waals surface area contributed by atoms with E-state index in [9.17, 15) is 4.79 Å². The van der Waals surface area contributed by atoms with Crippen LogP contribution in [0.5, 0.6) is 0 Å². The van der Waals surface area contributed by atoms with Crippen LogP contribution in [0.25, 0.3) is 0 Å². The smallest absolute Gasteiger partial charge is 0.226 e. The fourth-order valence-corrected chi connectivity index (χ4v) is 3.39. The highest BCUT2D eigenvalue weighted by atomic mass is 32.1. The number of amides is 1. The van der Waals surface area contributed by atoms with Crippen molar-refractivity contribution in [2.24, 2.45) is 18.4 Å².